The molecule has 22 heteroatoms. The predicted octanol–water partition coefficient (Wildman–Crippen LogP) is 5.55. The molecule has 70 heavy (non-hydrogen) atoms. The molecule has 5 aromatic carbocycles. The van der Waals surface area contributed by atoms with E-state index >= 15 is 16.8 Å². The molecular weight excluding hydrogens is 939 g/mol. The van der Waals surface area contributed by atoms with Gasteiger partial charge in [0.05, 0.1) is 44.5 Å². The number of ether oxygens (including phenoxy) is 4. The molecule has 20 nitrogen and oxygen atoms in total. The molecule has 1 saturated heterocycles. The molecule has 3 heterocycles. The lowest BCUT2D eigenvalue weighted by atomic mass is 9.98. The molecule has 0 spiro atoms. The van der Waals surface area contributed by atoms with Gasteiger partial charge in [-0.25, -0.2) is 31.3 Å². The number of aromatic amines is 1. The Kier molecular flexibility index (Phi) is 13.9. The summed E-state index contributed by atoms with van der Waals surface area (Å²) < 4.78 is 88.1. The van der Waals surface area contributed by atoms with Crippen LogP contribution in [0.5, 0.6) is 17.2 Å². The SMILES string of the molecule is COc1ccc(CN(Cc2ccc(OC)cc2)S(=O)(=O)c2c(S(=O)(=O)NC[C@]3(N)CCN(C(=O)OC(C)(C)C)C3)ccc(-c3cccc4[nH]c(N)nc34)c2-c2nnn(Cc3ccc(OC)cc3)n2)cc1. The van der Waals surface area contributed by atoms with Crippen LogP contribution in [0.1, 0.15) is 43.9 Å². The number of H-pyrrole nitrogens is 1. The monoisotopic (exact) mass is 993 g/mol. The molecule has 0 saturated carbocycles. The Morgan fingerprint density at radius 3 is 1.97 bits per heavy atom. The van der Waals surface area contributed by atoms with Gasteiger partial charge in [0, 0.05) is 43.8 Å². The van der Waals surface area contributed by atoms with Crippen LogP contribution < -0.4 is 30.4 Å². The van der Waals surface area contributed by atoms with Crippen molar-refractivity contribution >= 4 is 43.1 Å². The molecule has 1 aliphatic heterocycles. The highest BCUT2D eigenvalue weighted by Crippen LogP contribution is 2.43. The lowest BCUT2D eigenvalue weighted by molar-refractivity contribution is 0.0285. The number of nitrogens with zero attached hydrogens (tertiary/aromatic N) is 7. The first-order valence-corrected chi connectivity index (χ1v) is 25.1. The zero-order valence-corrected chi connectivity index (χ0v) is 41.2. The largest absolute Gasteiger partial charge is 0.497 e. The molecule has 0 bridgehead atoms. The van der Waals surface area contributed by atoms with Crippen LogP contribution in [0.25, 0.3) is 33.5 Å². The molecule has 2 aromatic heterocycles. The van der Waals surface area contributed by atoms with Gasteiger partial charge < -0.3 is 40.3 Å². The highest BCUT2D eigenvalue weighted by molar-refractivity contribution is 7.92. The second-order valence-electron chi connectivity index (χ2n) is 17.9. The lowest BCUT2D eigenvalue weighted by Crippen LogP contribution is -2.52. The van der Waals surface area contributed by atoms with Crippen molar-refractivity contribution < 1.29 is 40.6 Å². The second kappa shape index (κ2) is 19.7. The smallest absolute Gasteiger partial charge is 0.410 e. The number of amides is 1. The topological polar surface area (TPSA) is 265 Å². The first kappa shape index (κ1) is 49.3. The summed E-state index contributed by atoms with van der Waals surface area (Å²) >= 11 is 0. The summed E-state index contributed by atoms with van der Waals surface area (Å²) in [5, 5.41) is 13.5. The number of sulfonamides is 2. The molecule has 1 atom stereocenters. The molecular formula is C48H55N11O9S2. The Bertz CT molecular complexity index is 3180. The van der Waals surface area contributed by atoms with Gasteiger partial charge in [-0.1, -0.05) is 54.6 Å². The fraction of sp³-hybridized carbons (Fsp3) is 0.312. The lowest BCUT2D eigenvalue weighted by Gasteiger charge is -2.28. The fourth-order valence-corrected chi connectivity index (χ4v) is 11.7. The third kappa shape index (κ3) is 10.8. The number of anilines is 1. The number of rotatable bonds is 17. The summed E-state index contributed by atoms with van der Waals surface area (Å²) in [6, 6.07) is 28.8. The van der Waals surface area contributed by atoms with Crippen molar-refractivity contribution in [2.45, 2.75) is 67.8 Å². The van der Waals surface area contributed by atoms with E-state index in [1.807, 2.05) is 12.1 Å². The molecule has 0 radical (unpaired) electrons. The second-order valence-corrected chi connectivity index (χ2v) is 21.5. The van der Waals surface area contributed by atoms with Gasteiger partial charge in [-0.15, -0.1) is 10.2 Å². The minimum atomic E-state index is -4.98. The average molecular weight is 994 g/mol. The maximum Gasteiger partial charge on any atom is 0.410 e. The number of fused-ring (bicyclic) bond motifs is 1. The number of benzene rings is 5. The Hall–Kier alpha value is -7.11. The minimum Gasteiger partial charge on any atom is -0.497 e. The molecule has 0 unspecified atom stereocenters. The average Bonchev–Trinajstić information content (AvgIpc) is 4.08. The van der Waals surface area contributed by atoms with E-state index in [0.717, 1.165) is 5.56 Å². The zero-order valence-electron chi connectivity index (χ0n) is 39.5. The van der Waals surface area contributed by atoms with Crippen LogP contribution in [0.15, 0.2) is 113 Å². The van der Waals surface area contributed by atoms with E-state index in [-0.39, 0.29) is 68.6 Å². The zero-order chi connectivity index (χ0) is 50.0. The van der Waals surface area contributed by atoms with Crippen LogP contribution in [-0.2, 0) is 44.4 Å². The van der Waals surface area contributed by atoms with E-state index in [1.54, 1.807) is 107 Å². The molecule has 1 fully saturated rings. The number of likely N-dealkylation sites (tertiary alicyclic amines) is 1. The van der Waals surface area contributed by atoms with Gasteiger partial charge >= 0.3 is 6.09 Å². The minimum absolute atomic E-state index is 0.0324. The Morgan fingerprint density at radius 1 is 0.814 bits per heavy atom. The van der Waals surface area contributed by atoms with E-state index in [4.69, 9.17) is 35.5 Å². The van der Waals surface area contributed by atoms with Crippen molar-refractivity contribution in [3.05, 3.63) is 120 Å². The molecule has 1 amide bonds. The number of methoxy groups -OCH3 is 3. The number of para-hydroxylation sites is 1. The first-order chi connectivity index (χ1) is 33.3. The summed E-state index contributed by atoms with van der Waals surface area (Å²) in [5.74, 6) is 1.63. The molecule has 6 N–H and O–H groups in total. The highest BCUT2D eigenvalue weighted by atomic mass is 32.2. The number of nitrogens with two attached hydrogens (primary N) is 2. The van der Waals surface area contributed by atoms with Crippen LogP contribution >= 0.6 is 0 Å². The first-order valence-electron chi connectivity index (χ1n) is 22.1. The molecule has 0 aliphatic carbocycles. The molecule has 8 rings (SSSR count). The van der Waals surface area contributed by atoms with Crippen molar-refractivity contribution in [1.29, 1.82) is 0 Å². The van der Waals surface area contributed by atoms with Crippen LogP contribution in [-0.4, -0.2) is 114 Å². The number of hydrogen-bond acceptors (Lipinski definition) is 15. The van der Waals surface area contributed by atoms with Crippen molar-refractivity contribution in [2.75, 3.05) is 46.7 Å². The van der Waals surface area contributed by atoms with Gasteiger partial charge in [-0.05, 0) is 103 Å². The van der Waals surface area contributed by atoms with E-state index in [1.165, 1.54) is 40.4 Å². The molecule has 1 aliphatic rings. The van der Waals surface area contributed by atoms with Gasteiger partial charge in [0.2, 0.25) is 25.9 Å². The number of nitrogen functional groups attached to an aromatic ring is 1. The van der Waals surface area contributed by atoms with E-state index in [0.29, 0.717) is 45.0 Å². The maximum absolute atomic E-state index is 16.2. The number of carbonyl (C=O) groups is 1. The summed E-state index contributed by atoms with van der Waals surface area (Å²) in [5.41, 5.74) is 14.2. The van der Waals surface area contributed by atoms with Crippen molar-refractivity contribution in [3.8, 4) is 39.8 Å². The van der Waals surface area contributed by atoms with E-state index < -0.39 is 47.1 Å². The Balaban J connectivity index is 1.33. The third-order valence-corrected chi connectivity index (χ3v) is 15.1. The normalized spacial score (nSPS) is 15.4. The van der Waals surface area contributed by atoms with Crippen LogP contribution in [0.2, 0.25) is 0 Å². The maximum atomic E-state index is 16.2. The predicted molar refractivity (Wildman–Crippen MR) is 262 cm³/mol. The number of nitrogens with one attached hydrogen (secondary N) is 2. The van der Waals surface area contributed by atoms with Crippen LogP contribution in [0.3, 0.4) is 0 Å². The van der Waals surface area contributed by atoms with E-state index in [9.17, 15) is 4.79 Å². The summed E-state index contributed by atoms with van der Waals surface area (Å²) in [6.45, 7) is 4.71. The number of carbonyl (C=O) groups excluding carboxylic acids is 1. The van der Waals surface area contributed by atoms with Gasteiger partial charge in [0.25, 0.3) is 0 Å². The summed E-state index contributed by atoms with van der Waals surface area (Å²) in [6.07, 6.45) is -0.370. The fourth-order valence-electron chi connectivity index (χ4n) is 8.11. The standard InChI is InChI=1S/C48H55N11O9S2/c1-47(2,3)68-46(60)57-25-24-48(50,30-57)29-51-69(61,62)40-23-22-37(38-8-7-9-39-42(38)53-45(49)52-39)41(44-54-56-59(55-44)28-33-14-20-36(67-6)21-15-33)43(40)70(63,64)58(26-31-10-16-34(65-4)17-11-31)27-32-12-18-35(66-5)19-13-32/h7-23,51H,24-30,50H2,1-6H3,(H3,49,52,53)/t48-/m1/s1. The Labute approximate surface area is 406 Å². The van der Waals surface area contributed by atoms with Crippen LogP contribution in [0.4, 0.5) is 10.7 Å². The number of imidazole rings is 1. The molecule has 368 valence electrons. The van der Waals surface area contributed by atoms with Gasteiger partial charge in [0.1, 0.15) is 32.6 Å². The van der Waals surface area contributed by atoms with Crippen molar-refractivity contribution in [2.24, 2.45) is 5.73 Å². The quantitative estimate of drug-likeness (QED) is 0.0872. The van der Waals surface area contributed by atoms with Gasteiger partial charge in [-0.2, -0.15) is 9.10 Å². The number of hydrogen-bond donors (Lipinski definition) is 4. The van der Waals surface area contributed by atoms with Crippen molar-refractivity contribution in [3.63, 3.8) is 0 Å². The molecule has 7 aromatic rings. The van der Waals surface area contributed by atoms with Gasteiger partial charge in [-0.3, -0.25) is 0 Å². The summed E-state index contributed by atoms with van der Waals surface area (Å²) in [4.78, 5) is 22.0. The summed E-state index contributed by atoms with van der Waals surface area (Å²) in [7, 11) is -5.19. The number of aromatic nitrogens is 6. The third-order valence-electron chi connectivity index (χ3n) is 11.7. The van der Waals surface area contributed by atoms with E-state index in [2.05, 4.69) is 25.0 Å². The van der Waals surface area contributed by atoms with Crippen LogP contribution in [0, 0.1) is 0 Å². The van der Waals surface area contributed by atoms with Crippen molar-refractivity contribution in [1.82, 2.24) is 44.1 Å². The highest BCUT2D eigenvalue weighted by Gasteiger charge is 2.42. The van der Waals surface area contributed by atoms with Gasteiger partial charge in [0.15, 0.2) is 5.95 Å². The number of tetrazole rings is 1. The Morgan fingerprint density at radius 2 is 1.40 bits per heavy atom.